The Morgan fingerprint density at radius 2 is 2.10 bits per heavy atom. The summed E-state index contributed by atoms with van der Waals surface area (Å²) in [4.78, 5) is 9.92. The number of aliphatic hydroxyl groups is 1. The Labute approximate surface area is 125 Å². The molecule has 0 radical (unpaired) electrons. The lowest BCUT2D eigenvalue weighted by molar-refractivity contribution is -0.384. The van der Waals surface area contributed by atoms with Crippen LogP contribution in [0.2, 0.25) is 0 Å². The molecule has 2 N–H and O–H groups in total. The molecule has 5 nitrogen and oxygen atoms in total. The highest BCUT2D eigenvalue weighted by molar-refractivity contribution is 9.10. The molecule has 0 spiro atoms. The molecule has 0 saturated carbocycles. The zero-order valence-corrected chi connectivity index (χ0v) is 12.1. The third-order valence-corrected chi connectivity index (χ3v) is 3.27. The first kappa shape index (κ1) is 17.0. The molecular weight excluding hydrogens is 368 g/mol. The summed E-state index contributed by atoms with van der Waals surface area (Å²) in [6, 6.07) is 1.16. The predicted molar refractivity (Wildman–Crippen MR) is 71.0 cm³/mol. The van der Waals surface area contributed by atoms with Crippen LogP contribution in [0.3, 0.4) is 0 Å². The lowest BCUT2D eigenvalue weighted by atomic mass is 10.1. The highest BCUT2D eigenvalue weighted by Crippen LogP contribution is 2.39. The van der Waals surface area contributed by atoms with Gasteiger partial charge in [0.2, 0.25) is 0 Å². The normalized spacial score (nSPS) is 13.1. The molecular formula is C10H9BrClF3N2O3. The fourth-order valence-electron chi connectivity index (χ4n) is 1.35. The van der Waals surface area contributed by atoms with Crippen LogP contribution in [0.5, 0.6) is 0 Å². The first-order chi connectivity index (χ1) is 9.16. The van der Waals surface area contributed by atoms with E-state index in [9.17, 15) is 28.4 Å². The van der Waals surface area contributed by atoms with E-state index in [1.54, 1.807) is 0 Å². The Morgan fingerprint density at radius 1 is 1.50 bits per heavy atom. The molecule has 0 aliphatic carbocycles. The molecule has 1 rings (SSSR count). The van der Waals surface area contributed by atoms with Crippen molar-refractivity contribution in [3.05, 3.63) is 32.3 Å². The molecule has 0 heterocycles. The number of benzene rings is 1. The second-order valence-corrected chi connectivity index (χ2v) is 4.96. The van der Waals surface area contributed by atoms with E-state index < -0.39 is 28.5 Å². The molecule has 10 heteroatoms. The molecule has 1 atom stereocenters. The summed E-state index contributed by atoms with van der Waals surface area (Å²) in [6.07, 6.45) is -5.67. The van der Waals surface area contributed by atoms with Crippen molar-refractivity contribution in [2.24, 2.45) is 0 Å². The summed E-state index contributed by atoms with van der Waals surface area (Å²) < 4.78 is 37.6. The Kier molecular flexibility index (Phi) is 5.60. The van der Waals surface area contributed by atoms with E-state index in [4.69, 9.17) is 11.6 Å². The lowest BCUT2D eigenvalue weighted by Crippen LogP contribution is -2.21. The predicted octanol–water partition coefficient (Wildman–Crippen LogP) is 3.39. The molecule has 0 fully saturated rings. The van der Waals surface area contributed by atoms with Gasteiger partial charge in [-0.05, 0) is 22.0 Å². The van der Waals surface area contributed by atoms with Gasteiger partial charge in [-0.2, -0.15) is 13.2 Å². The van der Waals surface area contributed by atoms with Gasteiger partial charge in [0.15, 0.2) is 0 Å². The van der Waals surface area contributed by atoms with Crippen LogP contribution in [0.1, 0.15) is 5.56 Å². The first-order valence-corrected chi connectivity index (χ1v) is 6.52. The topological polar surface area (TPSA) is 75.4 Å². The molecule has 0 aliphatic heterocycles. The number of nitro benzene ring substituents is 1. The second kappa shape index (κ2) is 6.59. The number of halogens is 5. The Bertz CT molecular complexity index is 513. The summed E-state index contributed by atoms with van der Waals surface area (Å²) >= 11 is 8.21. The maximum absolute atomic E-state index is 12.6. The van der Waals surface area contributed by atoms with Gasteiger partial charge in [0.25, 0.3) is 5.69 Å². The van der Waals surface area contributed by atoms with Gasteiger partial charge in [-0.1, -0.05) is 0 Å². The number of rotatable bonds is 5. The SMILES string of the molecule is O=[N+]([O-])c1cc(C(F)(F)F)cc(Br)c1NCC(O)CCl. The number of anilines is 1. The monoisotopic (exact) mass is 376 g/mol. The van der Waals surface area contributed by atoms with Crippen molar-refractivity contribution in [1.82, 2.24) is 0 Å². The largest absolute Gasteiger partial charge is 0.416 e. The number of hydrogen-bond acceptors (Lipinski definition) is 4. The van der Waals surface area contributed by atoms with Crippen molar-refractivity contribution >= 4 is 38.9 Å². The molecule has 112 valence electrons. The summed E-state index contributed by atoms with van der Waals surface area (Å²) in [6.45, 7) is -0.131. The van der Waals surface area contributed by atoms with Gasteiger partial charge in [0.05, 0.1) is 22.5 Å². The number of hydrogen-bond donors (Lipinski definition) is 2. The van der Waals surface area contributed by atoms with E-state index >= 15 is 0 Å². The highest BCUT2D eigenvalue weighted by atomic mass is 79.9. The van der Waals surface area contributed by atoms with Gasteiger partial charge in [0.1, 0.15) is 5.69 Å². The first-order valence-electron chi connectivity index (χ1n) is 5.19. The third kappa shape index (κ3) is 4.22. The number of alkyl halides is 4. The molecule has 0 aromatic heterocycles. The van der Waals surface area contributed by atoms with Gasteiger partial charge in [-0.15, -0.1) is 11.6 Å². The van der Waals surface area contributed by atoms with Gasteiger partial charge < -0.3 is 10.4 Å². The molecule has 1 aromatic carbocycles. The number of nitrogens with one attached hydrogen (secondary N) is 1. The van der Waals surface area contributed by atoms with Crippen LogP contribution in [0, 0.1) is 10.1 Å². The minimum absolute atomic E-state index is 0.112. The van der Waals surface area contributed by atoms with Crippen LogP contribution >= 0.6 is 27.5 Å². The van der Waals surface area contributed by atoms with E-state index in [-0.39, 0.29) is 22.6 Å². The minimum atomic E-state index is -4.69. The average molecular weight is 378 g/mol. The van der Waals surface area contributed by atoms with Crippen molar-refractivity contribution in [3.8, 4) is 0 Å². The van der Waals surface area contributed by atoms with E-state index in [1.165, 1.54) is 0 Å². The molecule has 20 heavy (non-hydrogen) atoms. The van der Waals surface area contributed by atoms with Crippen molar-refractivity contribution < 1.29 is 23.2 Å². The fourth-order valence-corrected chi connectivity index (χ4v) is 2.05. The van der Waals surface area contributed by atoms with Crippen LogP contribution in [-0.2, 0) is 6.18 Å². The lowest BCUT2D eigenvalue weighted by Gasteiger charge is -2.14. The Morgan fingerprint density at radius 3 is 2.55 bits per heavy atom. The number of aliphatic hydroxyl groups excluding tert-OH is 1. The maximum Gasteiger partial charge on any atom is 0.416 e. The highest BCUT2D eigenvalue weighted by Gasteiger charge is 2.34. The van der Waals surface area contributed by atoms with Gasteiger partial charge >= 0.3 is 6.18 Å². The molecule has 0 aliphatic rings. The van der Waals surface area contributed by atoms with Crippen LogP contribution in [-0.4, -0.2) is 28.6 Å². The standard InChI is InChI=1S/C10H9BrClF3N2O3/c11-7-1-5(10(13,14)15)2-8(17(19)20)9(7)16-4-6(18)3-12/h1-2,6,16,18H,3-4H2. The summed E-state index contributed by atoms with van der Waals surface area (Å²) in [5, 5.41) is 22.6. The molecule has 1 unspecified atom stereocenters. The molecule has 1 aromatic rings. The third-order valence-electron chi connectivity index (χ3n) is 2.29. The average Bonchev–Trinajstić information content (AvgIpc) is 2.34. The van der Waals surface area contributed by atoms with Gasteiger partial charge in [-0.3, -0.25) is 10.1 Å². The second-order valence-electron chi connectivity index (χ2n) is 3.80. The molecule has 0 amide bonds. The summed E-state index contributed by atoms with van der Waals surface area (Å²) in [5.74, 6) is -0.112. The van der Waals surface area contributed by atoms with Crippen LogP contribution in [0.25, 0.3) is 0 Å². The van der Waals surface area contributed by atoms with Crippen LogP contribution in [0.4, 0.5) is 24.5 Å². The smallest absolute Gasteiger partial charge is 0.390 e. The van der Waals surface area contributed by atoms with E-state index in [2.05, 4.69) is 21.2 Å². The van der Waals surface area contributed by atoms with Crippen LogP contribution in [0.15, 0.2) is 16.6 Å². The summed E-state index contributed by atoms with van der Waals surface area (Å²) in [7, 11) is 0. The minimum Gasteiger partial charge on any atom is -0.390 e. The van der Waals surface area contributed by atoms with Gasteiger partial charge in [-0.25, -0.2) is 0 Å². The Balaban J connectivity index is 3.20. The van der Waals surface area contributed by atoms with E-state index in [0.717, 1.165) is 6.07 Å². The zero-order chi connectivity index (χ0) is 15.5. The van der Waals surface area contributed by atoms with Gasteiger partial charge in [0, 0.05) is 17.1 Å². The van der Waals surface area contributed by atoms with E-state index in [1.807, 2.05) is 0 Å². The zero-order valence-electron chi connectivity index (χ0n) is 9.75. The Hall–Kier alpha value is -1.06. The van der Waals surface area contributed by atoms with Crippen LogP contribution < -0.4 is 5.32 Å². The van der Waals surface area contributed by atoms with Crippen molar-refractivity contribution in [2.45, 2.75) is 12.3 Å². The van der Waals surface area contributed by atoms with E-state index in [0.29, 0.717) is 6.07 Å². The summed E-state index contributed by atoms with van der Waals surface area (Å²) in [5.41, 5.74) is -2.03. The van der Waals surface area contributed by atoms with Crippen molar-refractivity contribution in [1.29, 1.82) is 0 Å². The number of nitro groups is 1. The number of nitrogens with zero attached hydrogens (tertiary/aromatic N) is 1. The van der Waals surface area contributed by atoms with Crippen molar-refractivity contribution in [2.75, 3.05) is 17.7 Å². The quantitative estimate of drug-likeness (QED) is 0.468. The van der Waals surface area contributed by atoms with Crippen molar-refractivity contribution in [3.63, 3.8) is 0 Å². The fraction of sp³-hybridized carbons (Fsp3) is 0.400. The molecule has 0 bridgehead atoms. The maximum atomic E-state index is 12.6. The molecule has 0 saturated heterocycles.